The van der Waals surface area contributed by atoms with Crippen molar-refractivity contribution in [3.63, 3.8) is 0 Å². The summed E-state index contributed by atoms with van der Waals surface area (Å²) in [6.45, 7) is 4.67. The predicted octanol–water partition coefficient (Wildman–Crippen LogP) is 3.62. The van der Waals surface area contributed by atoms with Crippen LogP contribution in [0.5, 0.6) is 5.75 Å². The van der Waals surface area contributed by atoms with Crippen LogP contribution in [-0.4, -0.2) is 16.9 Å². The van der Waals surface area contributed by atoms with Crippen LogP contribution in [0, 0.1) is 13.8 Å². The van der Waals surface area contributed by atoms with Crippen LogP contribution in [0.1, 0.15) is 16.7 Å². The third kappa shape index (κ3) is 2.98. The van der Waals surface area contributed by atoms with Gasteiger partial charge >= 0.3 is 0 Å². The minimum absolute atomic E-state index is 0.533. The van der Waals surface area contributed by atoms with Crippen LogP contribution < -0.4 is 10.5 Å². The molecule has 0 amide bonds. The van der Waals surface area contributed by atoms with Crippen LogP contribution in [0.3, 0.4) is 0 Å². The number of ether oxygens (including phenoxy) is 1. The van der Waals surface area contributed by atoms with Crippen molar-refractivity contribution in [1.82, 2.24) is 9.78 Å². The van der Waals surface area contributed by atoms with Crippen molar-refractivity contribution in [2.45, 2.75) is 20.4 Å². The van der Waals surface area contributed by atoms with Gasteiger partial charge in [-0.15, -0.1) is 0 Å². The second-order valence-corrected chi connectivity index (χ2v) is 5.64. The van der Waals surface area contributed by atoms with Gasteiger partial charge < -0.3 is 10.5 Å². The summed E-state index contributed by atoms with van der Waals surface area (Å²) in [7, 11) is 1.68. The first-order valence-electron chi connectivity index (χ1n) is 7.63. The van der Waals surface area contributed by atoms with Crippen molar-refractivity contribution in [3.8, 4) is 22.7 Å². The van der Waals surface area contributed by atoms with E-state index in [4.69, 9.17) is 15.6 Å². The summed E-state index contributed by atoms with van der Waals surface area (Å²) in [5, 5.41) is 4.71. The average molecular weight is 307 g/mol. The Balaban J connectivity index is 1.97. The normalized spacial score (nSPS) is 10.8. The van der Waals surface area contributed by atoms with E-state index in [1.165, 1.54) is 5.56 Å². The second kappa shape index (κ2) is 6.26. The highest BCUT2D eigenvalue weighted by atomic mass is 16.5. The summed E-state index contributed by atoms with van der Waals surface area (Å²) >= 11 is 0. The number of hydrogen-bond acceptors (Lipinski definition) is 3. The number of hydrogen-bond donors (Lipinski definition) is 1. The lowest BCUT2D eigenvalue weighted by Crippen LogP contribution is -2.02. The number of aryl methyl sites for hydroxylation is 2. The van der Waals surface area contributed by atoms with Gasteiger partial charge in [-0.1, -0.05) is 6.07 Å². The highest BCUT2D eigenvalue weighted by molar-refractivity contribution is 5.64. The molecule has 0 aliphatic heterocycles. The van der Waals surface area contributed by atoms with Crippen molar-refractivity contribution in [1.29, 1.82) is 0 Å². The van der Waals surface area contributed by atoms with Crippen LogP contribution in [-0.2, 0) is 6.54 Å². The molecule has 0 fully saturated rings. The molecule has 0 aliphatic rings. The zero-order chi connectivity index (χ0) is 16.4. The van der Waals surface area contributed by atoms with E-state index in [9.17, 15) is 0 Å². The number of methoxy groups -OCH3 is 1. The van der Waals surface area contributed by atoms with E-state index >= 15 is 0 Å². The fraction of sp³-hybridized carbons (Fsp3) is 0.211. The molecule has 3 aromatic rings. The first-order chi connectivity index (χ1) is 11.1. The minimum Gasteiger partial charge on any atom is -0.497 e. The predicted molar refractivity (Wildman–Crippen MR) is 92.9 cm³/mol. The first kappa shape index (κ1) is 15.3. The molecule has 0 spiro atoms. The monoisotopic (exact) mass is 307 g/mol. The van der Waals surface area contributed by atoms with Gasteiger partial charge in [-0.3, -0.25) is 0 Å². The van der Waals surface area contributed by atoms with E-state index in [-0.39, 0.29) is 0 Å². The Hall–Kier alpha value is -2.59. The fourth-order valence-corrected chi connectivity index (χ4v) is 2.68. The lowest BCUT2D eigenvalue weighted by molar-refractivity contribution is 0.414. The molecule has 118 valence electrons. The molecule has 0 saturated heterocycles. The van der Waals surface area contributed by atoms with Gasteiger partial charge in [-0.05, 0) is 66.9 Å². The molecule has 3 rings (SSSR count). The van der Waals surface area contributed by atoms with Gasteiger partial charge in [0.05, 0.1) is 18.5 Å². The average Bonchev–Trinajstić information content (AvgIpc) is 3.04. The summed E-state index contributed by atoms with van der Waals surface area (Å²) in [5.41, 5.74) is 12.4. The number of benzene rings is 2. The summed E-state index contributed by atoms with van der Waals surface area (Å²) < 4.78 is 7.15. The lowest BCUT2D eigenvalue weighted by atomic mass is 10.1. The first-order valence-corrected chi connectivity index (χ1v) is 7.63. The quantitative estimate of drug-likeness (QED) is 0.801. The molecule has 0 saturated carbocycles. The summed E-state index contributed by atoms with van der Waals surface area (Å²) in [6.07, 6.45) is 1.98. The van der Waals surface area contributed by atoms with E-state index in [1.54, 1.807) is 7.11 Å². The maximum absolute atomic E-state index is 5.80. The van der Waals surface area contributed by atoms with Crippen molar-refractivity contribution in [2.24, 2.45) is 5.73 Å². The third-order valence-corrected chi connectivity index (χ3v) is 4.12. The number of rotatable bonds is 4. The van der Waals surface area contributed by atoms with E-state index in [2.05, 4.69) is 32.0 Å². The molecule has 0 radical (unpaired) electrons. The SMILES string of the molecule is COc1ccc(-c2ccn(-c3ccc(C)c(CN)c3)n2)c(C)c1. The molecule has 2 aromatic carbocycles. The number of nitrogens with zero attached hydrogens (tertiary/aromatic N) is 2. The topological polar surface area (TPSA) is 53.1 Å². The van der Waals surface area contributed by atoms with Gasteiger partial charge in [-0.25, -0.2) is 4.68 Å². The minimum atomic E-state index is 0.533. The number of aromatic nitrogens is 2. The Bertz CT molecular complexity index is 836. The maximum Gasteiger partial charge on any atom is 0.119 e. The molecular formula is C19H21N3O. The van der Waals surface area contributed by atoms with Crippen LogP contribution in [0.25, 0.3) is 16.9 Å². The van der Waals surface area contributed by atoms with Crippen LogP contribution in [0.2, 0.25) is 0 Å². The summed E-state index contributed by atoms with van der Waals surface area (Å²) in [6, 6.07) is 14.3. The smallest absolute Gasteiger partial charge is 0.119 e. The van der Waals surface area contributed by atoms with Crippen molar-refractivity contribution >= 4 is 0 Å². The highest BCUT2D eigenvalue weighted by Gasteiger charge is 2.08. The molecular weight excluding hydrogens is 286 g/mol. The molecule has 23 heavy (non-hydrogen) atoms. The molecule has 0 unspecified atom stereocenters. The van der Waals surface area contributed by atoms with Gasteiger partial charge in [0.25, 0.3) is 0 Å². The molecule has 1 heterocycles. The molecule has 0 bridgehead atoms. The molecule has 0 aliphatic carbocycles. The summed E-state index contributed by atoms with van der Waals surface area (Å²) in [4.78, 5) is 0. The van der Waals surface area contributed by atoms with Crippen molar-refractivity contribution in [3.05, 3.63) is 65.4 Å². The molecule has 2 N–H and O–H groups in total. The van der Waals surface area contributed by atoms with E-state index < -0.39 is 0 Å². The maximum atomic E-state index is 5.80. The molecule has 4 nitrogen and oxygen atoms in total. The zero-order valence-corrected chi connectivity index (χ0v) is 13.7. The van der Waals surface area contributed by atoms with Crippen LogP contribution in [0.15, 0.2) is 48.7 Å². The Kier molecular flexibility index (Phi) is 4.17. The van der Waals surface area contributed by atoms with Gasteiger partial charge in [0.1, 0.15) is 5.75 Å². The van der Waals surface area contributed by atoms with Gasteiger partial charge in [0.15, 0.2) is 0 Å². The Morgan fingerprint density at radius 2 is 1.87 bits per heavy atom. The molecule has 4 heteroatoms. The fourth-order valence-electron chi connectivity index (χ4n) is 2.68. The van der Waals surface area contributed by atoms with Crippen molar-refractivity contribution in [2.75, 3.05) is 7.11 Å². The highest BCUT2D eigenvalue weighted by Crippen LogP contribution is 2.26. The van der Waals surface area contributed by atoms with Gasteiger partial charge in [0.2, 0.25) is 0 Å². The Labute approximate surface area is 136 Å². The van der Waals surface area contributed by atoms with Gasteiger partial charge in [-0.2, -0.15) is 5.10 Å². The Morgan fingerprint density at radius 3 is 2.57 bits per heavy atom. The largest absolute Gasteiger partial charge is 0.497 e. The van der Waals surface area contributed by atoms with E-state index in [0.29, 0.717) is 6.54 Å². The zero-order valence-electron chi connectivity index (χ0n) is 13.7. The molecule has 1 aromatic heterocycles. The van der Waals surface area contributed by atoms with Crippen LogP contribution in [0.4, 0.5) is 0 Å². The molecule has 0 atom stereocenters. The second-order valence-electron chi connectivity index (χ2n) is 5.64. The van der Waals surface area contributed by atoms with Crippen LogP contribution >= 0.6 is 0 Å². The van der Waals surface area contributed by atoms with E-state index in [0.717, 1.165) is 33.8 Å². The van der Waals surface area contributed by atoms with Gasteiger partial charge in [0, 0.05) is 18.3 Å². The summed E-state index contributed by atoms with van der Waals surface area (Å²) in [5.74, 6) is 0.858. The number of nitrogens with two attached hydrogens (primary N) is 1. The van der Waals surface area contributed by atoms with Crippen molar-refractivity contribution < 1.29 is 4.74 Å². The Morgan fingerprint density at radius 1 is 1.04 bits per heavy atom. The third-order valence-electron chi connectivity index (χ3n) is 4.12. The van der Waals surface area contributed by atoms with E-state index in [1.807, 2.05) is 35.1 Å². The standard InChI is InChI=1S/C19H21N3O/c1-13-4-5-16(11-15(13)12-20)22-9-8-19(21-22)18-7-6-17(23-3)10-14(18)2/h4-11H,12,20H2,1-3H3. The lowest BCUT2D eigenvalue weighted by Gasteiger charge is -2.08.